The molecule has 2 fully saturated rings. The van der Waals surface area contributed by atoms with Crippen molar-refractivity contribution in [2.24, 2.45) is 4.99 Å². The van der Waals surface area contributed by atoms with Crippen LogP contribution in [0.1, 0.15) is 48.7 Å². The van der Waals surface area contributed by atoms with Gasteiger partial charge in [0.15, 0.2) is 11.1 Å². The van der Waals surface area contributed by atoms with E-state index in [2.05, 4.69) is 32.3 Å². The van der Waals surface area contributed by atoms with Crippen LogP contribution in [-0.4, -0.2) is 72.7 Å². The van der Waals surface area contributed by atoms with E-state index in [0.29, 0.717) is 22.8 Å². The summed E-state index contributed by atoms with van der Waals surface area (Å²) in [7, 11) is 2.11. The number of aromatic nitrogens is 5. The Hall–Kier alpha value is -3.38. The molecule has 11 nitrogen and oxygen atoms in total. The first-order valence-electron chi connectivity index (χ1n) is 12.2. The predicted octanol–water partition coefficient (Wildman–Crippen LogP) is 0.334. The van der Waals surface area contributed by atoms with E-state index in [1.54, 1.807) is 16.8 Å². The molecule has 3 aromatic heterocycles. The topological polar surface area (TPSA) is 144 Å². The maximum Gasteiger partial charge on any atom is 0.326 e. The van der Waals surface area contributed by atoms with Crippen molar-refractivity contribution >= 4 is 29.4 Å². The van der Waals surface area contributed by atoms with Gasteiger partial charge in [0.1, 0.15) is 5.69 Å². The molecular weight excluding hydrogens is 480 g/mol. The van der Waals surface area contributed by atoms with Crippen LogP contribution in [0.3, 0.4) is 0 Å². The van der Waals surface area contributed by atoms with E-state index < -0.39 is 5.69 Å². The van der Waals surface area contributed by atoms with Crippen LogP contribution in [0.25, 0.3) is 11.7 Å². The van der Waals surface area contributed by atoms with Crippen LogP contribution in [-0.2, 0) is 4.79 Å². The highest BCUT2D eigenvalue weighted by Crippen LogP contribution is 2.42. The number of piperidine rings is 1. The smallest absolute Gasteiger partial charge is 0.326 e. The number of allylic oxidation sites excluding steroid dienone is 1. The Morgan fingerprint density at radius 3 is 2.81 bits per heavy atom. The van der Waals surface area contributed by atoms with Gasteiger partial charge < -0.3 is 20.3 Å². The minimum atomic E-state index is -0.493. The van der Waals surface area contributed by atoms with Crippen LogP contribution in [0.5, 0.6) is 5.88 Å². The van der Waals surface area contributed by atoms with Crippen LogP contribution < -0.4 is 21.7 Å². The molecule has 1 atom stereocenters. The molecule has 1 amide bonds. The minimum absolute atomic E-state index is 0.00807. The summed E-state index contributed by atoms with van der Waals surface area (Å²) in [5.41, 5.74) is 1.89. The summed E-state index contributed by atoms with van der Waals surface area (Å²) in [4.78, 5) is 42.1. The third-order valence-electron chi connectivity index (χ3n) is 6.79. The first kappa shape index (κ1) is 23.0. The monoisotopic (exact) mass is 508 g/mol. The number of hydrogen-bond donors (Lipinski definition) is 4. The second kappa shape index (κ2) is 9.25. The average Bonchev–Trinajstić information content (AvgIpc) is 3.24. The highest BCUT2D eigenvalue weighted by atomic mass is 32.2. The number of hydrogen-bond acceptors (Lipinski definition) is 8. The number of nitrogens with one attached hydrogen (secondary N) is 3. The number of aromatic amines is 2. The van der Waals surface area contributed by atoms with Crippen LogP contribution in [0.2, 0.25) is 0 Å². The van der Waals surface area contributed by atoms with Crippen molar-refractivity contribution in [3.8, 4) is 5.88 Å². The van der Waals surface area contributed by atoms with Crippen LogP contribution in [0.4, 0.5) is 0 Å². The molecule has 3 aromatic rings. The normalized spacial score (nSPS) is 22.5. The molecule has 5 heterocycles. The number of fused-ring (bicyclic) bond motifs is 1. The Labute approximate surface area is 210 Å². The Bertz CT molecular complexity index is 1520. The van der Waals surface area contributed by atoms with E-state index in [1.165, 1.54) is 11.8 Å². The molecule has 6 rings (SSSR count). The van der Waals surface area contributed by atoms with Crippen molar-refractivity contribution in [3.63, 3.8) is 0 Å². The van der Waals surface area contributed by atoms with Gasteiger partial charge in [-0.2, -0.15) is 9.61 Å². The number of rotatable bonds is 5. The highest BCUT2D eigenvalue weighted by molar-refractivity contribution is 8.04. The van der Waals surface area contributed by atoms with Crippen molar-refractivity contribution < 1.29 is 9.90 Å². The number of amides is 1. The molecule has 188 valence electrons. The van der Waals surface area contributed by atoms with Gasteiger partial charge in [0.05, 0.1) is 28.1 Å². The summed E-state index contributed by atoms with van der Waals surface area (Å²) < 4.78 is 1.69. The van der Waals surface area contributed by atoms with Crippen molar-refractivity contribution in [2.45, 2.75) is 49.4 Å². The number of nitrogens with zero attached hydrogens (tertiary/aromatic N) is 5. The van der Waals surface area contributed by atoms with Crippen molar-refractivity contribution in [1.82, 2.24) is 34.8 Å². The van der Waals surface area contributed by atoms with Gasteiger partial charge in [-0.1, -0.05) is 6.08 Å². The largest absolute Gasteiger partial charge is 0.493 e. The fraction of sp³-hybridized carbons (Fsp3) is 0.458. The number of carbonyl (C=O) groups is 1. The molecule has 2 aliphatic heterocycles. The summed E-state index contributed by atoms with van der Waals surface area (Å²) in [5.74, 6) is -0.250. The van der Waals surface area contributed by atoms with Gasteiger partial charge in [0.25, 0.3) is 5.91 Å². The van der Waals surface area contributed by atoms with Gasteiger partial charge in [-0.15, -0.1) is 11.8 Å². The van der Waals surface area contributed by atoms with Crippen LogP contribution in [0.15, 0.2) is 33.0 Å². The zero-order valence-corrected chi connectivity index (χ0v) is 20.7. The lowest BCUT2D eigenvalue weighted by molar-refractivity contribution is -0.117. The van der Waals surface area contributed by atoms with E-state index in [-0.39, 0.29) is 34.8 Å². The summed E-state index contributed by atoms with van der Waals surface area (Å²) in [5, 5.41) is 18.3. The van der Waals surface area contributed by atoms with Crippen LogP contribution in [0, 0.1) is 0 Å². The fourth-order valence-corrected chi connectivity index (χ4v) is 5.68. The molecule has 0 bridgehead atoms. The number of imidazole rings is 1. The molecule has 0 spiro atoms. The Morgan fingerprint density at radius 1 is 1.28 bits per heavy atom. The summed E-state index contributed by atoms with van der Waals surface area (Å²) >= 11 is 1.53. The zero-order valence-electron chi connectivity index (χ0n) is 19.9. The predicted molar refractivity (Wildman–Crippen MR) is 135 cm³/mol. The third-order valence-corrected chi connectivity index (χ3v) is 8.12. The third kappa shape index (κ3) is 4.70. The van der Waals surface area contributed by atoms with Gasteiger partial charge in [-0.25, -0.2) is 9.78 Å². The Morgan fingerprint density at radius 2 is 2.08 bits per heavy atom. The van der Waals surface area contributed by atoms with Gasteiger partial charge in [-0.05, 0) is 58.3 Å². The van der Waals surface area contributed by atoms with Gasteiger partial charge >= 0.3 is 5.69 Å². The molecule has 0 aromatic carbocycles. The highest BCUT2D eigenvalue weighted by Gasteiger charge is 2.28. The molecule has 1 saturated heterocycles. The SMILES string of the molecule is CN1CCC(NC(=O)C2=CCC(c3cc(=NC4CC4)n4ncc(=Cc5[nH]c(=O)[nH]c5O)c4n3)S2)CC1. The van der Waals surface area contributed by atoms with Gasteiger partial charge in [0, 0.05) is 17.3 Å². The number of H-pyrrole nitrogens is 2. The number of aromatic hydroxyl groups is 1. The molecule has 4 N–H and O–H groups in total. The molecule has 36 heavy (non-hydrogen) atoms. The van der Waals surface area contributed by atoms with Crippen molar-refractivity contribution in [2.75, 3.05) is 20.1 Å². The molecule has 0 radical (unpaired) electrons. The average molecular weight is 509 g/mol. The zero-order chi connectivity index (χ0) is 24.8. The Balaban J connectivity index is 1.29. The summed E-state index contributed by atoms with van der Waals surface area (Å²) in [6.45, 7) is 1.99. The lowest BCUT2D eigenvalue weighted by Crippen LogP contribution is -2.43. The van der Waals surface area contributed by atoms with E-state index in [0.717, 1.165) is 49.4 Å². The molecular formula is C24H28N8O3S. The second-order valence-corrected chi connectivity index (χ2v) is 10.9. The lowest BCUT2D eigenvalue weighted by Gasteiger charge is -2.29. The fourth-order valence-electron chi connectivity index (χ4n) is 4.58. The van der Waals surface area contributed by atoms with Crippen molar-refractivity contribution in [3.05, 3.63) is 55.8 Å². The number of carbonyl (C=O) groups excluding carboxylic acids is 1. The van der Waals surface area contributed by atoms with Gasteiger partial charge in [0.2, 0.25) is 5.88 Å². The first-order chi connectivity index (χ1) is 17.4. The number of likely N-dealkylation sites (tertiary alicyclic amines) is 1. The minimum Gasteiger partial charge on any atom is -0.493 e. The first-order valence-corrected chi connectivity index (χ1v) is 13.1. The standard InChI is InChI=1S/C24H28N8O3S/c1-31-8-6-15(7-9-31)27-23(34)19-5-4-18(36-19)16-11-20(26-14-2-3-14)32-21(28-16)13(12-25-32)10-17-22(33)30-24(35)29-17/h5,10-12,14-15,18,33H,2-4,6-9H2,1H3,(H,27,34)(H2,29,30,35). The van der Waals surface area contributed by atoms with Crippen LogP contribution >= 0.6 is 11.8 Å². The van der Waals surface area contributed by atoms with E-state index in [4.69, 9.17) is 9.98 Å². The Kier molecular flexibility index (Phi) is 5.92. The van der Waals surface area contributed by atoms with E-state index in [9.17, 15) is 14.7 Å². The van der Waals surface area contributed by atoms with Crippen molar-refractivity contribution in [1.29, 1.82) is 0 Å². The maximum atomic E-state index is 12.9. The van der Waals surface area contributed by atoms with E-state index in [1.807, 2.05) is 12.1 Å². The maximum absolute atomic E-state index is 12.9. The number of thioether (sulfide) groups is 1. The molecule has 12 heteroatoms. The second-order valence-electron chi connectivity index (χ2n) is 9.68. The summed E-state index contributed by atoms with van der Waals surface area (Å²) in [6.07, 6.45) is 10.0. The quantitative estimate of drug-likeness (QED) is 0.389. The molecule has 3 aliphatic rings. The van der Waals surface area contributed by atoms with E-state index >= 15 is 0 Å². The molecule has 1 saturated carbocycles. The summed E-state index contributed by atoms with van der Waals surface area (Å²) in [6, 6.07) is 2.46. The molecule has 1 aliphatic carbocycles. The van der Waals surface area contributed by atoms with Gasteiger partial charge in [-0.3, -0.25) is 14.8 Å². The lowest BCUT2D eigenvalue weighted by atomic mass is 10.1. The molecule has 1 unspecified atom stereocenters.